The van der Waals surface area contributed by atoms with Crippen LogP contribution in [-0.2, 0) is 11.2 Å². The molecule has 0 bridgehead atoms. The molecule has 0 aliphatic carbocycles. The monoisotopic (exact) mass is 289 g/mol. The number of nitrogens with two attached hydrogens (primary N) is 1. The summed E-state index contributed by atoms with van der Waals surface area (Å²) in [6.07, 6.45) is 0.385. The maximum Gasteiger partial charge on any atom is 0.231 e. The smallest absolute Gasteiger partial charge is 0.231 e. The summed E-state index contributed by atoms with van der Waals surface area (Å²) in [6.45, 7) is 0. The number of carbonyl (C=O) groups is 1. The van der Waals surface area contributed by atoms with Crippen molar-refractivity contribution < 1.29 is 10.0 Å². The van der Waals surface area contributed by atoms with Gasteiger partial charge in [-0.15, -0.1) is 11.3 Å². The number of amidine groups is 1. The largest absolute Gasteiger partial charge is 0.409 e. The van der Waals surface area contributed by atoms with Gasteiger partial charge >= 0.3 is 0 Å². The number of thiophene rings is 1. The van der Waals surface area contributed by atoms with E-state index in [0.29, 0.717) is 12.0 Å². The zero-order valence-corrected chi connectivity index (χ0v) is 11.8. The van der Waals surface area contributed by atoms with Crippen LogP contribution in [0.5, 0.6) is 0 Å². The number of hydrogen-bond acceptors (Lipinski definition) is 4. The first-order valence-corrected chi connectivity index (χ1v) is 6.86. The molecule has 0 aliphatic heterocycles. The van der Waals surface area contributed by atoms with E-state index in [2.05, 4.69) is 5.16 Å². The van der Waals surface area contributed by atoms with E-state index in [1.165, 1.54) is 0 Å². The molecule has 0 atom stereocenters. The second kappa shape index (κ2) is 6.21. The third kappa shape index (κ3) is 3.16. The lowest BCUT2D eigenvalue weighted by Crippen LogP contribution is -2.27. The van der Waals surface area contributed by atoms with Crippen molar-refractivity contribution in [3.8, 4) is 0 Å². The second-order valence-electron chi connectivity index (χ2n) is 4.24. The number of amides is 1. The number of anilines is 1. The molecule has 0 unspecified atom stereocenters. The number of nitrogens with zero attached hydrogens (tertiary/aromatic N) is 2. The Morgan fingerprint density at radius 3 is 2.60 bits per heavy atom. The lowest BCUT2D eigenvalue weighted by atomic mass is 10.2. The summed E-state index contributed by atoms with van der Waals surface area (Å²) < 4.78 is 0. The maximum absolute atomic E-state index is 12.1. The molecule has 0 spiro atoms. The van der Waals surface area contributed by atoms with E-state index in [9.17, 15) is 4.79 Å². The van der Waals surface area contributed by atoms with Gasteiger partial charge < -0.3 is 15.8 Å². The number of oxime groups is 1. The summed E-state index contributed by atoms with van der Waals surface area (Å²) in [5, 5.41) is 13.5. The second-order valence-corrected chi connectivity index (χ2v) is 5.27. The Bertz CT molecular complexity index is 606. The van der Waals surface area contributed by atoms with E-state index in [4.69, 9.17) is 10.9 Å². The first kappa shape index (κ1) is 14.1. The molecule has 0 aliphatic rings. The molecule has 20 heavy (non-hydrogen) atoms. The van der Waals surface area contributed by atoms with Gasteiger partial charge in [-0.05, 0) is 35.7 Å². The van der Waals surface area contributed by atoms with Crippen LogP contribution in [0.15, 0.2) is 46.9 Å². The third-order valence-corrected chi connectivity index (χ3v) is 3.81. The van der Waals surface area contributed by atoms with E-state index < -0.39 is 0 Å². The standard InChI is InChI=1S/C14H15N3O2S/c1-17(13(18)9-12-3-2-8-20-12)11-6-4-10(5-7-11)14(15)16-19/h2-8,19H,9H2,1H3,(H2,15,16). The summed E-state index contributed by atoms with van der Waals surface area (Å²) in [5.41, 5.74) is 6.86. The van der Waals surface area contributed by atoms with Crippen LogP contribution in [0.1, 0.15) is 10.4 Å². The lowest BCUT2D eigenvalue weighted by molar-refractivity contribution is -0.117. The highest BCUT2D eigenvalue weighted by Gasteiger charge is 2.12. The molecule has 0 radical (unpaired) electrons. The first-order chi connectivity index (χ1) is 9.61. The Morgan fingerprint density at radius 2 is 2.05 bits per heavy atom. The van der Waals surface area contributed by atoms with Gasteiger partial charge in [0.1, 0.15) is 0 Å². The van der Waals surface area contributed by atoms with Gasteiger partial charge in [-0.1, -0.05) is 11.2 Å². The van der Waals surface area contributed by atoms with E-state index in [0.717, 1.165) is 10.6 Å². The van der Waals surface area contributed by atoms with Crippen molar-refractivity contribution in [2.75, 3.05) is 11.9 Å². The number of benzene rings is 1. The topological polar surface area (TPSA) is 78.9 Å². The molecule has 1 heterocycles. The fourth-order valence-corrected chi connectivity index (χ4v) is 2.43. The Kier molecular flexibility index (Phi) is 4.37. The summed E-state index contributed by atoms with van der Waals surface area (Å²) in [7, 11) is 1.73. The molecule has 0 saturated carbocycles. The molecule has 5 nitrogen and oxygen atoms in total. The van der Waals surface area contributed by atoms with Crippen molar-refractivity contribution in [3.63, 3.8) is 0 Å². The molecule has 1 aromatic carbocycles. The summed E-state index contributed by atoms with van der Waals surface area (Å²) in [4.78, 5) is 14.8. The van der Waals surface area contributed by atoms with Gasteiger partial charge in [-0.3, -0.25) is 4.79 Å². The predicted octanol–water partition coefficient (Wildman–Crippen LogP) is 2.05. The number of hydrogen-bond donors (Lipinski definition) is 2. The molecule has 2 rings (SSSR count). The molecule has 2 aromatic rings. The quantitative estimate of drug-likeness (QED) is 0.391. The summed E-state index contributed by atoms with van der Waals surface area (Å²) in [5.74, 6) is 0.0631. The number of likely N-dealkylation sites (N-methyl/N-ethyl adjacent to an activating group) is 1. The van der Waals surface area contributed by atoms with Crippen molar-refractivity contribution in [1.82, 2.24) is 0 Å². The minimum absolute atomic E-state index is 0.0176. The summed E-state index contributed by atoms with van der Waals surface area (Å²) in [6, 6.07) is 10.8. The van der Waals surface area contributed by atoms with Crippen LogP contribution in [0.25, 0.3) is 0 Å². The first-order valence-electron chi connectivity index (χ1n) is 5.98. The van der Waals surface area contributed by atoms with Gasteiger partial charge in [0, 0.05) is 23.2 Å². The van der Waals surface area contributed by atoms with Gasteiger partial charge in [0.15, 0.2) is 5.84 Å². The van der Waals surface area contributed by atoms with Crippen LogP contribution in [-0.4, -0.2) is 24.0 Å². The SMILES string of the molecule is CN(C(=O)Cc1cccs1)c1ccc(C(N)=NO)cc1. The van der Waals surface area contributed by atoms with Gasteiger partial charge in [-0.2, -0.15) is 0 Å². The molecule has 3 N–H and O–H groups in total. The van der Waals surface area contributed by atoms with Gasteiger partial charge in [0.05, 0.1) is 6.42 Å². The normalized spacial score (nSPS) is 11.3. The van der Waals surface area contributed by atoms with Crippen molar-refractivity contribution in [1.29, 1.82) is 0 Å². The molecule has 104 valence electrons. The Morgan fingerprint density at radius 1 is 1.35 bits per heavy atom. The molecular weight excluding hydrogens is 274 g/mol. The average Bonchev–Trinajstić information content (AvgIpc) is 2.98. The highest BCUT2D eigenvalue weighted by Crippen LogP contribution is 2.17. The molecule has 1 amide bonds. The Labute approximate surface area is 120 Å². The van der Waals surface area contributed by atoms with E-state index in [1.807, 2.05) is 17.5 Å². The van der Waals surface area contributed by atoms with Crippen molar-refractivity contribution in [2.45, 2.75) is 6.42 Å². The van der Waals surface area contributed by atoms with Crippen molar-refractivity contribution >= 4 is 28.8 Å². The van der Waals surface area contributed by atoms with Crippen LogP contribution in [0.3, 0.4) is 0 Å². The van der Waals surface area contributed by atoms with Crippen molar-refractivity contribution in [2.24, 2.45) is 10.9 Å². The fraction of sp³-hybridized carbons (Fsp3) is 0.143. The van der Waals surface area contributed by atoms with Crippen LogP contribution < -0.4 is 10.6 Å². The third-order valence-electron chi connectivity index (χ3n) is 2.94. The van der Waals surface area contributed by atoms with Gasteiger partial charge in [0.25, 0.3) is 0 Å². The van der Waals surface area contributed by atoms with Crippen LogP contribution in [0.4, 0.5) is 5.69 Å². The molecule has 0 saturated heterocycles. The van der Waals surface area contributed by atoms with Crippen molar-refractivity contribution in [3.05, 3.63) is 52.2 Å². The minimum Gasteiger partial charge on any atom is -0.409 e. The predicted molar refractivity (Wildman–Crippen MR) is 80.4 cm³/mol. The van der Waals surface area contributed by atoms with Gasteiger partial charge in [-0.25, -0.2) is 0 Å². The number of rotatable bonds is 4. The van der Waals surface area contributed by atoms with E-state index in [-0.39, 0.29) is 11.7 Å². The molecule has 1 aromatic heterocycles. The fourth-order valence-electron chi connectivity index (χ4n) is 1.74. The van der Waals surface area contributed by atoms with Crippen LogP contribution >= 0.6 is 11.3 Å². The average molecular weight is 289 g/mol. The lowest BCUT2D eigenvalue weighted by Gasteiger charge is -2.17. The Hall–Kier alpha value is -2.34. The zero-order valence-electron chi connectivity index (χ0n) is 11.0. The van der Waals surface area contributed by atoms with Crippen LogP contribution in [0.2, 0.25) is 0 Å². The van der Waals surface area contributed by atoms with Gasteiger partial charge in [0.2, 0.25) is 5.91 Å². The highest BCUT2D eigenvalue weighted by atomic mass is 32.1. The molecule has 6 heteroatoms. The van der Waals surface area contributed by atoms with E-state index in [1.54, 1.807) is 47.5 Å². The van der Waals surface area contributed by atoms with Crippen LogP contribution in [0, 0.1) is 0 Å². The van der Waals surface area contributed by atoms with E-state index >= 15 is 0 Å². The Balaban J connectivity index is 2.08. The summed E-state index contributed by atoms with van der Waals surface area (Å²) >= 11 is 1.57. The molecule has 0 fully saturated rings. The maximum atomic E-state index is 12.1. The highest BCUT2D eigenvalue weighted by molar-refractivity contribution is 7.10. The molecular formula is C14H15N3O2S. The minimum atomic E-state index is 0.0176. The zero-order chi connectivity index (χ0) is 14.5. The number of carbonyl (C=O) groups excluding carboxylic acids is 1.